The predicted octanol–water partition coefficient (Wildman–Crippen LogP) is 6.71. The average molecular weight is 390 g/mol. The maximum absolute atomic E-state index is 5.08. The Morgan fingerprint density at radius 3 is 1.93 bits per heavy atom. The van der Waals surface area contributed by atoms with Gasteiger partial charge >= 0.3 is 0 Å². The van der Waals surface area contributed by atoms with E-state index < -0.39 is 0 Å². The van der Waals surface area contributed by atoms with E-state index in [4.69, 9.17) is 9.97 Å². The summed E-state index contributed by atoms with van der Waals surface area (Å²) in [6.07, 6.45) is 0. The second-order valence-corrected chi connectivity index (χ2v) is 9.91. The Morgan fingerprint density at radius 1 is 0.793 bits per heavy atom. The van der Waals surface area contributed by atoms with Gasteiger partial charge < -0.3 is 4.90 Å². The van der Waals surface area contributed by atoms with Crippen molar-refractivity contribution in [2.24, 2.45) is 11.8 Å². The Hall–Kier alpha value is -2.42. The fourth-order valence-corrected chi connectivity index (χ4v) is 3.68. The normalized spacial score (nSPS) is 12.2. The summed E-state index contributed by atoms with van der Waals surface area (Å²) in [7, 11) is 0. The second-order valence-electron chi connectivity index (χ2n) is 9.91. The average Bonchev–Trinajstić information content (AvgIpc) is 2.65. The molecule has 0 bridgehead atoms. The van der Waals surface area contributed by atoms with E-state index in [0.29, 0.717) is 11.8 Å². The lowest BCUT2D eigenvalue weighted by Crippen LogP contribution is -2.32. The molecule has 154 valence electrons. The first kappa shape index (κ1) is 21.3. The van der Waals surface area contributed by atoms with Crippen LogP contribution in [0.1, 0.15) is 54.0 Å². The van der Waals surface area contributed by atoms with E-state index in [1.54, 1.807) is 0 Å². The third-order valence-electron chi connectivity index (χ3n) is 5.06. The molecule has 0 aliphatic carbocycles. The molecule has 0 aliphatic rings. The van der Waals surface area contributed by atoms with Crippen molar-refractivity contribution in [3.8, 4) is 11.4 Å². The van der Waals surface area contributed by atoms with Crippen molar-refractivity contribution in [3.05, 3.63) is 54.1 Å². The molecule has 0 unspecified atom stereocenters. The third-order valence-corrected chi connectivity index (χ3v) is 5.06. The minimum Gasteiger partial charge on any atom is -0.355 e. The summed E-state index contributed by atoms with van der Waals surface area (Å²) in [6.45, 7) is 17.8. The van der Waals surface area contributed by atoms with E-state index in [0.717, 1.165) is 41.2 Å². The van der Waals surface area contributed by atoms with Crippen LogP contribution in [0.5, 0.6) is 0 Å². The minimum absolute atomic E-state index is 0.138. The topological polar surface area (TPSA) is 29.0 Å². The fourth-order valence-electron chi connectivity index (χ4n) is 3.68. The van der Waals surface area contributed by atoms with Crippen LogP contribution in [-0.4, -0.2) is 23.1 Å². The molecule has 29 heavy (non-hydrogen) atoms. The van der Waals surface area contributed by atoms with Gasteiger partial charge in [-0.15, -0.1) is 0 Å². The Morgan fingerprint density at radius 2 is 1.38 bits per heavy atom. The molecular weight excluding hydrogens is 354 g/mol. The molecule has 3 heteroatoms. The summed E-state index contributed by atoms with van der Waals surface area (Å²) in [4.78, 5) is 12.4. The van der Waals surface area contributed by atoms with Gasteiger partial charge in [-0.3, -0.25) is 0 Å². The summed E-state index contributed by atoms with van der Waals surface area (Å²) < 4.78 is 0. The van der Waals surface area contributed by atoms with Gasteiger partial charge in [0.15, 0.2) is 5.82 Å². The summed E-state index contributed by atoms with van der Waals surface area (Å²) >= 11 is 0. The van der Waals surface area contributed by atoms with Gasteiger partial charge in [-0.2, -0.15) is 0 Å². The number of anilines is 1. The van der Waals surface area contributed by atoms with E-state index >= 15 is 0 Å². The van der Waals surface area contributed by atoms with Gasteiger partial charge in [0.05, 0.1) is 5.52 Å². The zero-order valence-corrected chi connectivity index (χ0v) is 19.0. The molecule has 3 rings (SSSR count). The quantitative estimate of drug-likeness (QED) is 0.469. The van der Waals surface area contributed by atoms with Crippen LogP contribution in [0.3, 0.4) is 0 Å². The lowest BCUT2D eigenvalue weighted by atomic mass is 9.87. The van der Waals surface area contributed by atoms with Gasteiger partial charge in [0, 0.05) is 24.0 Å². The summed E-state index contributed by atoms with van der Waals surface area (Å²) in [5, 5.41) is 1.13. The van der Waals surface area contributed by atoms with Crippen LogP contribution >= 0.6 is 0 Å². The highest BCUT2D eigenvalue weighted by atomic mass is 15.2. The molecular formula is C26H35N3. The summed E-state index contributed by atoms with van der Waals surface area (Å²) in [6, 6.07) is 17.1. The van der Waals surface area contributed by atoms with Crippen LogP contribution < -0.4 is 4.90 Å². The highest BCUT2D eigenvalue weighted by molar-refractivity contribution is 5.91. The molecule has 0 N–H and O–H groups in total. The molecule has 0 spiro atoms. The molecule has 3 aromatic rings. The molecule has 0 radical (unpaired) electrons. The highest BCUT2D eigenvalue weighted by Crippen LogP contribution is 2.30. The van der Waals surface area contributed by atoms with Crippen molar-refractivity contribution >= 4 is 16.7 Å². The molecule has 1 aromatic heterocycles. The zero-order valence-electron chi connectivity index (χ0n) is 19.0. The molecule has 3 nitrogen and oxygen atoms in total. The minimum atomic E-state index is 0.138. The Bertz CT molecular complexity index is 940. The first-order chi connectivity index (χ1) is 13.6. The van der Waals surface area contributed by atoms with Crippen LogP contribution in [0, 0.1) is 11.8 Å². The zero-order chi connectivity index (χ0) is 21.2. The Labute approximate surface area is 176 Å². The smallest absolute Gasteiger partial charge is 0.162 e. The van der Waals surface area contributed by atoms with Gasteiger partial charge in [-0.25, -0.2) is 9.97 Å². The lowest BCUT2D eigenvalue weighted by molar-refractivity contribution is 0.550. The van der Waals surface area contributed by atoms with Gasteiger partial charge in [0.1, 0.15) is 5.82 Å². The first-order valence-corrected chi connectivity index (χ1v) is 10.8. The third kappa shape index (κ3) is 5.14. The van der Waals surface area contributed by atoms with Gasteiger partial charge in [-0.1, -0.05) is 84.9 Å². The molecule has 0 saturated heterocycles. The van der Waals surface area contributed by atoms with Crippen molar-refractivity contribution in [2.45, 2.75) is 53.9 Å². The number of nitrogens with zero attached hydrogens (tertiary/aromatic N) is 3. The number of aromatic nitrogens is 2. The van der Waals surface area contributed by atoms with Crippen molar-refractivity contribution in [2.75, 3.05) is 18.0 Å². The van der Waals surface area contributed by atoms with E-state index in [1.807, 2.05) is 0 Å². The Balaban J connectivity index is 2.12. The van der Waals surface area contributed by atoms with Crippen LogP contribution in [0.15, 0.2) is 48.5 Å². The predicted molar refractivity (Wildman–Crippen MR) is 126 cm³/mol. The van der Waals surface area contributed by atoms with Crippen molar-refractivity contribution in [1.82, 2.24) is 9.97 Å². The van der Waals surface area contributed by atoms with Crippen LogP contribution in [0.4, 0.5) is 5.82 Å². The number of benzene rings is 2. The van der Waals surface area contributed by atoms with Crippen LogP contribution in [0.25, 0.3) is 22.3 Å². The molecule has 0 fully saturated rings. The van der Waals surface area contributed by atoms with Crippen LogP contribution in [-0.2, 0) is 5.41 Å². The number of hydrogen-bond acceptors (Lipinski definition) is 3. The maximum Gasteiger partial charge on any atom is 0.162 e. The van der Waals surface area contributed by atoms with Crippen LogP contribution in [0.2, 0.25) is 0 Å². The van der Waals surface area contributed by atoms with E-state index in [9.17, 15) is 0 Å². The number of rotatable bonds is 6. The standard InChI is InChI=1S/C26H35N3/c1-18(2)16-29(17-19(3)4)25-22-10-8-9-11-23(22)27-24(28-25)20-12-14-21(15-13-20)26(5,6)7/h8-15,18-19H,16-17H2,1-7H3. The van der Waals surface area contributed by atoms with Crippen molar-refractivity contribution < 1.29 is 0 Å². The maximum atomic E-state index is 5.08. The molecule has 1 heterocycles. The molecule has 0 aliphatic heterocycles. The first-order valence-electron chi connectivity index (χ1n) is 10.8. The molecule has 2 aromatic carbocycles. The second kappa shape index (κ2) is 8.52. The lowest BCUT2D eigenvalue weighted by Gasteiger charge is -2.28. The fraction of sp³-hybridized carbons (Fsp3) is 0.462. The van der Waals surface area contributed by atoms with E-state index in [1.165, 1.54) is 5.56 Å². The number of fused-ring (bicyclic) bond motifs is 1. The van der Waals surface area contributed by atoms with E-state index in [-0.39, 0.29) is 5.41 Å². The number of hydrogen-bond donors (Lipinski definition) is 0. The Kier molecular flexibility index (Phi) is 6.26. The van der Waals surface area contributed by atoms with Crippen molar-refractivity contribution in [3.63, 3.8) is 0 Å². The van der Waals surface area contributed by atoms with Gasteiger partial charge in [-0.05, 0) is 34.9 Å². The molecule has 0 atom stereocenters. The summed E-state index contributed by atoms with van der Waals surface area (Å²) in [5.74, 6) is 2.98. The van der Waals surface area contributed by atoms with Crippen molar-refractivity contribution in [1.29, 1.82) is 0 Å². The van der Waals surface area contributed by atoms with E-state index in [2.05, 4.69) is 102 Å². The SMILES string of the molecule is CC(C)CN(CC(C)C)c1nc(-c2ccc(C(C)(C)C)cc2)nc2ccccc12. The van der Waals surface area contributed by atoms with Gasteiger partial charge in [0.25, 0.3) is 0 Å². The molecule has 0 amide bonds. The number of para-hydroxylation sites is 1. The monoisotopic (exact) mass is 389 g/mol. The van der Waals surface area contributed by atoms with Gasteiger partial charge in [0.2, 0.25) is 0 Å². The highest BCUT2D eigenvalue weighted by Gasteiger charge is 2.18. The molecule has 0 saturated carbocycles. The summed E-state index contributed by atoms with van der Waals surface area (Å²) in [5.41, 5.74) is 3.53. The largest absolute Gasteiger partial charge is 0.355 e.